The van der Waals surface area contributed by atoms with Gasteiger partial charge in [0.15, 0.2) is 11.5 Å². The third-order valence-electron chi connectivity index (χ3n) is 4.77. The van der Waals surface area contributed by atoms with Gasteiger partial charge in [-0.25, -0.2) is 4.68 Å². The van der Waals surface area contributed by atoms with Gasteiger partial charge < -0.3 is 15.2 Å². The number of phenolic OH excluding ortho intramolecular Hbond substituents is 1. The molecule has 0 fully saturated rings. The summed E-state index contributed by atoms with van der Waals surface area (Å²) < 4.78 is 6.84. The van der Waals surface area contributed by atoms with Crippen LogP contribution in [0.25, 0.3) is 0 Å². The number of rotatable bonds is 4. The van der Waals surface area contributed by atoms with Gasteiger partial charge in [-0.15, -0.1) is 0 Å². The van der Waals surface area contributed by atoms with Crippen LogP contribution in [-0.2, 0) is 11.3 Å². The number of hydrogen-bond acceptors (Lipinski definition) is 4. The van der Waals surface area contributed by atoms with Crippen LogP contribution in [0.2, 0.25) is 5.02 Å². The second-order valence-electron chi connectivity index (χ2n) is 6.43. The average molecular weight is 384 g/mol. The minimum atomic E-state index is -0.189. The normalized spacial score (nSPS) is 15.9. The van der Waals surface area contributed by atoms with Crippen LogP contribution in [0, 0.1) is 0 Å². The van der Waals surface area contributed by atoms with Crippen LogP contribution in [0.1, 0.15) is 29.0 Å². The molecule has 4 rings (SSSR count). The number of nitrogens with zero attached hydrogens (tertiary/aromatic N) is 2. The van der Waals surface area contributed by atoms with Crippen LogP contribution in [0.3, 0.4) is 0 Å². The number of phenols is 1. The molecule has 0 saturated carbocycles. The molecule has 1 atom stereocenters. The molecule has 2 heterocycles. The van der Waals surface area contributed by atoms with E-state index in [1.165, 1.54) is 7.11 Å². The maximum atomic E-state index is 12.3. The minimum Gasteiger partial charge on any atom is -0.504 e. The van der Waals surface area contributed by atoms with Crippen molar-refractivity contribution >= 4 is 23.3 Å². The molecule has 1 amide bonds. The maximum Gasteiger partial charge on any atom is 0.226 e. The van der Waals surface area contributed by atoms with Crippen molar-refractivity contribution in [1.82, 2.24) is 9.78 Å². The van der Waals surface area contributed by atoms with E-state index in [1.807, 2.05) is 30.3 Å². The zero-order valence-electron chi connectivity index (χ0n) is 14.6. The molecule has 1 aliphatic heterocycles. The zero-order valence-corrected chi connectivity index (χ0v) is 15.4. The molecule has 2 N–H and O–H groups in total. The minimum absolute atomic E-state index is 0.0472. The summed E-state index contributed by atoms with van der Waals surface area (Å²) in [5, 5.41) is 18.1. The number of aromatic nitrogens is 2. The number of methoxy groups -OCH3 is 1. The first kappa shape index (κ1) is 17.4. The molecule has 0 aliphatic carbocycles. The Kier molecular flexibility index (Phi) is 4.49. The molecule has 2 aromatic carbocycles. The predicted molar refractivity (Wildman–Crippen MR) is 103 cm³/mol. The van der Waals surface area contributed by atoms with Crippen molar-refractivity contribution in [3.8, 4) is 11.5 Å². The molecule has 0 unspecified atom stereocenters. The highest BCUT2D eigenvalue weighted by atomic mass is 35.5. The van der Waals surface area contributed by atoms with E-state index < -0.39 is 0 Å². The fourth-order valence-corrected chi connectivity index (χ4v) is 3.59. The van der Waals surface area contributed by atoms with Crippen molar-refractivity contribution in [3.63, 3.8) is 0 Å². The Labute approximate surface area is 161 Å². The number of ether oxygens (including phenoxy) is 1. The molecule has 7 heteroatoms. The molecule has 27 heavy (non-hydrogen) atoms. The van der Waals surface area contributed by atoms with Gasteiger partial charge in [-0.05, 0) is 29.3 Å². The smallest absolute Gasteiger partial charge is 0.226 e. The maximum absolute atomic E-state index is 12.3. The Morgan fingerprint density at radius 1 is 1.33 bits per heavy atom. The quantitative estimate of drug-likeness (QED) is 0.719. The summed E-state index contributed by atoms with van der Waals surface area (Å²) in [6.07, 6.45) is 2.05. The van der Waals surface area contributed by atoms with Gasteiger partial charge >= 0.3 is 0 Å². The van der Waals surface area contributed by atoms with E-state index in [9.17, 15) is 9.90 Å². The van der Waals surface area contributed by atoms with E-state index >= 15 is 0 Å². The highest BCUT2D eigenvalue weighted by molar-refractivity contribution is 6.31. The number of hydrogen-bond donors (Lipinski definition) is 2. The number of carbonyl (C=O) groups is 1. The van der Waals surface area contributed by atoms with Crippen LogP contribution in [0.15, 0.2) is 48.7 Å². The van der Waals surface area contributed by atoms with Crippen LogP contribution in [0.4, 0.5) is 5.82 Å². The first-order valence-electron chi connectivity index (χ1n) is 8.52. The lowest BCUT2D eigenvalue weighted by Crippen LogP contribution is -2.25. The van der Waals surface area contributed by atoms with Crippen LogP contribution < -0.4 is 10.1 Å². The second kappa shape index (κ2) is 6.96. The van der Waals surface area contributed by atoms with Crippen LogP contribution in [-0.4, -0.2) is 27.9 Å². The summed E-state index contributed by atoms with van der Waals surface area (Å²) in [6.45, 7) is 0.454. The Morgan fingerprint density at radius 3 is 2.89 bits per heavy atom. The number of aromatic hydroxyl groups is 1. The molecule has 0 radical (unpaired) electrons. The van der Waals surface area contributed by atoms with Gasteiger partial charge in [-0.1, -0.05) is 35.9 Å². The average Bonchev–Trinajstić information content (AvgIpc) is 3.05. The fourth-order valence-electron chi connectivity index (χ4n) is 3.40. The van der Waals surface area contributed by atoms with Gasteiger partial charge in [-0.2, -0.15) is 5.10 Å². The summed E-state index contributed by atoms with van der Waals surface area (Å²) >= 11 is 6.26. The molecular formula is C20H18ClN3O3. The van der Waals surface area contributed by atoms with E-state index in [0.717, 1.165) is 16.7 Å². The summed E-state index contributed by atoms with van der Waals surface area (Å²) in [7, 11) is 1.50. The van der Waals surface area contributed by atoms with Crippen molar-refractivity contribution in [1.29, 1.82) is 0 Å². The van der Waals surface area contributed by atoms with Gasteiger partial charge in [0.05, 0.1) is 19.9 Å². The standard InChI is InChI=1S/C20H18ClN3O3/c1-27-18-7-6-12(8-17(18)25)14-9-19(26)23-20-15(14)10-22-24(20)11-13-4-2-3-5-16(13)21/h2-8,10,14,25H,9,11H2,1H3,(H,23,26)/t14-/m0/s1. The van der Waals surface area contributed by atoms with E-state index in [4.69, 9.17) is 16.3 Å². The van der Waals surface area contributed by atoms with Crippen molar-refractivity contribution in [2.45, 2.75) is 18.9 Å². The van der Waals surface area contributed by atoms with Gasteiger partial charge in [0.1, 0.15) is 5.82 Å². The van der Waals surface area contributed by atoms with Gasteiger partial charge in [0, 0.05) is 22.9 Å². The third-order valence-corrected chi connectivity index (χ3v) is 5.14. The molecule has 0 saturated heterocycles. The molecule has 1 aromatic heterocycles. The van der Waals surface area contributed by atoms with Gasteiger partial charge in [0.2, 0.25) is 5.91 Å². The van der Waals surface area contributed by atoms with Gasteiger partial charge in [0.25, 0.3) is 0 Å². The fraction of sp³-hybridized carbons (Fsp3) is 0.200. The topological polar surface area (TPSA) is 76.4 Å². The molecule has 0 spiro atoms. The third kappa shape index (κ3) is 3.24. The largest absolute Gasteiger partial charge is 0.504 e. The SMILES string of the molecule is COc1ccc([C@@H]2CC(=O)Nc3c2cnn3Cc2ccccc2Cl)cc1O. The number of halogens is 1. The van der Waals surface area contributed by atoms with Crippen molar-refractivity contribution in [3.05, 3.63) is 70.4 Å². The number of nitrogens with one attached hydrogen (secondary N) is 1. The van der Waals surface area contributed by atoms with E-state index in [2.05, 4.69) is 10.4 Å². The highest BCUT2D eigenvalue weighted by Crippen LogP contribution is 2.40. The summed E-state index contributed by atoms with van der Waals surface area (Å²) in [5.74, 6) is 0.820. The Balaban J connectivity index is 1.71. The number of anilines is 1. The Hall–Kier alpha value is -2.99. The molecule has 6 nitrogen and oxygen atoms in total. The van der Waals surface area contributed by atoms with Gasteiger partial charge in [-0.3, -0.25) is 4.79 Å². The van der Waals surface area contributed by atoms with E-state index in [0.29, 0.717) is 23.1 Å². The first-order valence-corrected chi connectivity index (χ1v) is 8.90. The molecule has 1 aliphatic rings. The number of fused-ring (bicyclic) bond motifs is 1. The van der Waals surface area contributed by atoms with Crippen molar-refractivity contribution in [2.24, 2.45) is 0 Å². The van der Waals surface area contributed by atoms with Crippen LogP contribution >= 0.6 is 11.6 Å². The lowest BCUT2D eigenvalue weighted by atomic mass is 9.87. The number of carbonyl (C=O) groups excluding carboxylic acids is 1. The van der Waals surface area contributed by atoms with Crippen LogP contribution in [0.5, 0.6) is 11.5 Å². The second-order valence-corrected chi connectivity index (χ2v) is 6.84. The first-order chi connectivity index (χ1) is 13.1. The predicted octanol–water partition coefficient (Wildman–Crippen LogP) is 3.77. The van der Waals surface area contributed by atoms with E-state index in [1.54, 1.807) is 23.0 Å². The Bertz CT molecular complexity index is 1020. The Morgan fingerprint density at radius 2 is 2.15 bits per heavy atom. The van der Waals surface area contributed by atoms with Crippen molar-refractivity contribution in [2.75, 3.05) is 12.4 Å². The highest BCUT2D eigenvalue weighted by Gasteiger charge is 2.30. The summed E-state index contributed by atoms with van der Waals surface area (Å²) in [6, 6.07) is 12.7. The molecule has 138 valence electrons. The molecule has 0 bridgehead atoms. The monoisotopic (exact) mass is 383 g/mol. The molecular weight excluding hydrogens is 366 g/mol. The van der Waals surface area contributed by atoms with Crippen molar-refractivity contribution < 1.29 is 14.6 Å². The lowest BCUT2D eigenvalue weighted by molar-refractivity contribution is -0.116. The summed E-state index contributed by atoms with van der Waals surface area (Å²) in [5.41, 5.74) is 2.66. The zero-order chi connectivity index (χ0) is 19.0. The van der Waals surface area contributed by atoms with E-state index in [-0.39, 0.29) is 24.0 Å². The molecule has 3 aromatic rings. The summed E-state index contributed by atoms with van der Waals surface area (Å²) in [4.78, 5) is 12.3. The lowest BCUT2D eigenvalue weighted by Gasteiger charge is -2.24. The number of amides is 1. The number of benzene rings is 2.